The fourth-order valence-corrected chi connectivity index (χ4v) is 2.69. The molecule has 0 aliphatic heterocycles. The van der Waals surface area contributed by atoms with Crippen LogP contribution in [-0.4, -0.2) is 25.4 Å². The van der Waals surface area contributed by atoms with E-state index in [4.69, 9.17) is 5.11 Å². The summed E-state index contributed by atoms with van der Waals surface area (Å²) < 4.78 is 17.4. The summed E-state index contributed by atoms with van der Waals surface area (Å²) in [5, 5.41) is 9.12. The lowest BCUT2D eigenvalue weighted by atomic mass is 10.3. The number of hydrogen-bond acceptors (Lipinski definition) is 6. The SMILES string of the molecule is Cc1nsc(Sc2ncc(F)cc2C(=O)O)n1. The van der Waals surface area contributed by atoms with E-state index in [0.29, 0.717) is 10.2 Å². The summed E-state index contributed by atoms with van der Waals surface area (Å²) in [5.74, 6) is -1.29. The maximum Gasteiger partial charge on any atom is 0.338 e. The maximum atomic E-state index is 12.9. The largest absolute Gasteiger partial charge is 0.478 e. The van der Waals surface area contributed by atoms with Crippen LogP contribution in [0.2, 0.25) is 0 Å². The molecule has 2 aromatic rings. The van der Waals surface area contributed by atoms with Gasteiger partial charge in [-0.2, -0.15) is 4.37 Å². The van der Waals surface area contributed by atoms with Crippen LogP contribution in [0.3, 0.4) is 0 Å². The van der Waals surface area contributed by atoms with Crippen molar-refractivity contribution in [2.24, 2.45) is 0 Å². The number of carboxylic acid groups (broad SMARTS) is 1. The molecule has 0 aliphatic carbocycles. The number of rotatable bonds is 3. The second kappa shape index (κ2) is 4.76. The Morgan fingerprint density at radius 3 is 2.94 bits per heavy atom. The summed E-state index contributed by atoms with van der Waals surface area (Å²) in [6, 6.07) is 0.936. The smallest absolute Gasteiger partial charge is 0.338 e. The lowest BCUT2D eigenvalue weighted by Crippen LogP contribution is -2.01. The van der Waals surface area contributed by atoms with Crippen molar-refractivity contribution in [1.82, 2.24) is 14.3 Å². The van der Waals surface area contributed by atoms with E-state index in [9.17, 15) is 9.18 Å². The highest BCUT2D eigenvalue weighted by Gasteiger charge is 2.15. The van der Waals surface area contributed by atoms with E-state index in [1.165, 1.54) is 0 Å². The average Bonchev–Trinajstić information content (AvgIpc) is 2.66. The first kappa shape index (κ1) is 11.9. The molecule has 0 amide bonds. The third kappa shape index (κ3) is 2.77. The average molecular weight is 271 g/mol. The monoisotopic (exact) mass is 271 g/mol. The molecule has 5 nitrogen and oxygen atoms in total. The molecule has 8 heteroatoms. The van der Waals surface area contributed by atoms with E-state index in [2.05, 4.69) is 14.3 Å². The van der Waals surface area contributed by atoms with Crippen molar-refractivity contribution < 1.29 is 14.3 Å². The van der Waals surface area contributed by atoms with E-state index in [1.54, 1.807) is 6.92 Å². The summed E-state index contributed by atoms with van der Waals surface area (Å²) in [6.45, 7) is 1.73. The maximum absolute atomic E-state index is 12.9. The quantitative estimate of drug-likeness (QED) is 0.922. The van der Waals surface area contributed by atoms with E-state index in [-0.39, 0.29) is 10.6 Å². The standard InChI is InChI=1S/C9H6FN3O2S2/c1-4-12-9(17-13-4)16-7-6(8(14)15)2-5(10)3-11-7/h2-3H,1H3,(H,14,15). The fourth-order valence-electron chi connectivity index (χ4n) is 1.06. The predicted octanol–water partition coefficient (Wildman–Crippen LogP) is 2.23. The number of nitrogens with zero attached hydrogens (tertiary/aromatic N) is 3. The Hall–Kier alpha value is -1.54. The molecule has 17 heavy (non-hydrogen) atoms. The van der Waals surface area contributed by atoms with Gasteiger partial charge in [0.1, 0.15) is 16.7 Å². The molecule has 0 unspecified atom stereocenters. The molecular weight excluding hydrogens is 265 g/mol. The van der Waals surface area contributed by atoms with Crippen molar-refractivity contribution in [3.05, 3.63) is 29.5 Å². The molecule has 0 radical (unpaired) electrons. The first-order valence-electron chi connectivity index (χ1n) is 4.43. The predicted molar refractivity (Wildman–Crippen MR) is 59.9 cm³/mol. The zero-order chi connectivity index (χ0) is 12.4. The van der Waals surface area contributed by atoms with Crippen LogP contribution in [0, 0.1) is 12.7 Å². The van der Waals surface area contributed by atoms with Crippen LogP contribution in [0.1, 0.15) is 16.2 Å². The molecule has 0 atom stereocenters. The van der Waals surface area contributed by atoms with Crippen LogP contribution < -0.4 is 0 Å². The number of aromatic carboxylic acids is 1. The van der Waals surface area contributed by atoms with Crippen molar-refractivity contribution in [3.63, 3.8) is 0 Å². The van der Waals surface area contributed by atoms with Crippen LogP contribution in [0.5, 0.6) is 0 Å². The van der Waals surface area contributed by atoms with Crippen LogP contribution in [0.15, 0.2) is 21.6 Å². The second-order valence-electron chi connectivity index (χ2n) is 3.02. The van der Waals surface area contributed by atoms with E-state index < -0.39 is 11.8 Å². The number of hydrogen-bond donors (Lipinski definition) is 1. The minimum atomic E-state index is -1.22. The number of aromatic nitrogens is 3. The van der Waals surface area contributed by atoms with Crippen LogP contribution in [0.25, 0.3) is 0 Å². The first-order chi connectivity index (χ1) is 8.06. The summed E-state index contributed by atoms with van der Waals surface area (Å²) in [7, 11) is 0. The fraction of sp³-hybridized carbons (Fsp3) is 0.111. The first-order valence-corrected chi connectivity index (χ1v) is 6.02. The summed E-state index contributed by atoms with van der Waals surface area (Å²) >= 11 is 2.20. The number of pyridine rings is 1. The lowest BCUT2D eigenvalue weighted by molar-refractivity contribution is 0.0691. The summed E-state index contributed by atoms with van der Waals surface area (Å²) in [6.07, 6.45) is 0.975. The van der Waals surface area contributed by atoms with Gasteiger partial charge in [0.15, 0.2) is 4.34 Å². The zero-order valence-electron chi connectivity index (χ0n) is 8.55. The van der Waals surface area contributed by atoms with Gasteiger partial charge in [-0.3, -0.25) is 0 Å². The molecule has 0 saturated carbocycles. The number of aryl methyl sites for hydroxylation is 1. The Bertz CT molecular complexity index is 573. The highest BCUT2D eigenvalue weighted by Crippen LogP contribution is 2.30. The second-order valence-corrected chi connectivity index (χ2v) is 5.01. The highest BCUT2D eigenvalue weighted by atomic mass is 32.2. The Morgan fingerprint density at radius 1 is 1.59 bits per heavy atom. The third-order valence-corrected chi connectivity index (χ3v) is 3.60. The molecule has 2 heterocycles. The van der Waals surface area contributed by atoms with Gasteiger partial charge >= 0.3 is 5.97 Å². The normalized spacial score (nSPS) is 10.5. The van der Waals surface area contributed by atoms with Gasteiger partial charge in [-0.25, -0.2) is 19.2 Å². The molecule has 1 N–H and O–H groups in total. The minimum Gasteiger partial charge on any atom is -0.478 e. The van der Waals surface area contributed by atoms with Gasteiger partial charge in [0.2, 0.25) is 0 Å². The number of halogens is 1. The van der Waals surface area contributed by atoms with Gasteiger partial charge in [-0.15, -0.1) is 0 Å². The zero-order valence-corrected chi connectivity index (χ0v) is 10.2. The van der Waals surface area contributed by atoms with Gasteiger partial charge in [-0.1, -0.05) is 0 Å². The minimum absolute atomic E-state index is 0.178. The molecule has 88 valence electrons. The van der Waals surface area contributed by atoms with E-state index >= 15 is 0 Å². The number of carbonyl (C=O) groups is 1. The molecule has 2 rings (SSSR count). The van der Waals surface area contributed by atoms with Gasteiger partial charge in [0.25, 0.3) is 0 Å². The number of carboxylic acids is 1. The van der Waals surface area contributed by atoms with E-state index in [1.807, 2.05) is 0 Å². The van der Waals surface area contributed by atoms with E-state index in [0.717, 1.165) is 35.6 Å². The summed E-state index contributed by atoms with van der Waals surface area (Å²) in [5.41, 5.74) is -0.178. The molecule has 0 saturated heterocycles. The van der Waals surface area contributed by atoms with Crippen molar-refractivity contribution in [2.75, 3.05) is 0 Å². The Kier molecular flexibility index (Phi) is 3.34. The van der Waals surface area contributed by atoms with Crippen molar-refractivity contribution in [2.45, 2.75) is 16.3 Å². The molecule has 0 bridgehead atoms. The Balaban J connectivity index is 2.35. The molecule has 0 aliphatic rings. The Morgan fingerprint density at radius 2 is 2.35 bits per heavy atom. The van der Waals surface area contributed by atoms with Gasteiger partial charge in [-0.05, 0) is 36.3 Å². The summed E-state index contributed by atoms with van der Waals surface area (Å²) in [4.78, 5) is 18.7. The van der Waals surface area contributed by atoms with Crippen molar-refractivity contribution >= 4 is 29.3 Å². The topological polar surface area (TPSA) is 76.0 Å². The van der Waals surface area contributed by atoms with Crippen molar-refractivity contribution in [1.29, 1.82) is 0 Å². The molecule has 2 aromatic heterocycles. The Labute approximate surface area is 104 Å². The highest BCUT2D eigenvalue weighted by molar-refractivity contribution is 8.01. The van der Waals surface area contributed by atoms with Crippen LogP contribution in [-0.2, 0) is 0 Å². The van der Waals surface area contributed by atoms with Crippen LogP contribution >= 0.6 is 23.3 Å². The van der Waals surface area contributed by atoms with Gasteiger partial charge in [0, 0.05) is 0 Å². The molecule has 0 fully saturated rings. The molecule has 0 spiro atoms. The lowest BCUT2D eigenvalue weighted by Gasteiger charge is -2.01. The van der Waals surface area contributed by atoms with Crippen molar-refractivity contribution in [3.8, 4) is 0 Å². The van der Waals surface area contributed by atoms with Gasteiger partial charge < -0.3 is 5.11 Å². The van der Waals surface area contributed by atoms with Gasteiger partial charge in [0.05, 0.1) is 11.8 Å². The molecular formula is C9H6FN3O2S2. The van der Waals surface area contributed by atoms with Crippen LogP contribution in [0.4, 0.5) is 4.39 Å². The third-order valence-electron chi connectivity index (χ3n) is 1.74. The molecule has 0 aromatic carbocycles.